The number of rotatable bonds is 1. The second-order valence-electron chi connectivity index (χ2n) is 3.68. The summed E-state index contributed by atoms with van der Waals surface area (Å²) in [6.45, 7) is 2.64. The fraction of sp³-hybridized carbons (Fsp3) is 0.167. The molecule has 0 atom stereocenters. The highest BCUT2D eigenvalue weighted by atomic mass is 16.1. The van der Waals surface area contributed by atoms with Crippen molar-refractivity contribution in [3.05, 3.63) is 47.1 Å². The summed E-state index contributed by atoms with van der Waals surface area (Å²) in [7, 11) is 0. The van der Waals surface area contributed by atoms with E-state index < -0.39 is 0 Å². The summed E-state index contributed by atoms with van der Waals surface area (Å²) >= 11 is 0. The van der Waals surface area contributed by atoms with Gasteiger partial charge in [-0.2, -0.15) is 0 Å². The summed E-state index contributed by atoms with van der Waals surface area (Å²) in [5, 5.41) is 0. The van der Waals surface area contributed by atoms with Crippen molar-refractivity contribution < 1.29 is 0 Å². The molecule has 3 aromatic heterocycles. The molecule has 0 unspecified atom stereocenters. The lowest BCUT2D eigenvalue weighted by molar-refractivity contribution is 0.758. The van der Waals surface area contributed by atoms with E-state index in [1.165, 1.54) is 0 Å². The normalized spacial score (nSPS) is 11.3. The minimum Gasteiger partial charge on any atom is -0.309 e. The van der Waals surface area contributed by atoms with E-state index in [0.29, 0.717) is 12.1 Å². The summed E-state index contributed by atoms with van der Waals surface area (Å²) in [5.74, 6) is 0. The number of hydrogen-bond donors (Lipinski definition) is 0. The van der Waals surface area contributed by atoms with Gasteiger partial charge in [0.05, 0.1) is 17.2 Å². The maximum Gasteiger partial charge on any atom is 0.275 e. The number of aromatic nitrogens is 3. The molecule has 0 bridgehead atoms. The molecule has 3 aromatic rings. The van der Waals surface area contributed by atoms with Crippen LogP contribution >= 0.6 is 0 Å². The molecule has 0 saturated carbocycles. The van der Waals surface area contributed by atoms with Crippen LogP contribution in [0.2, 0.25) is 0 Å². The molecule has 0 aliphatic rings. The van der Waals surface area contributed by atoms with Crippen LogP contribution in [0.4, 0.5) is 0 Å². The molecule has 4 heteroatoms. The van der Waals surface area contributed by atoms with Crippen LogP contribution in [0.5, 0.6) is 0 Å². The highest BCUT2D eigenvalue weighted by Crippen LogP contribution is 2.13. The maximum atomic E-state index is 12.2. The third-order valence-corrected chi connectivity index (χ3v) is 2.86. The lowest BCUT2D eigenvalue weighted by Gasteiger charge is -2.09. The van der Waals surface area contributed by atoms with Crippen LogP contribution in [-0.2, 0) is 6.54 Å². The largest absolute Gasteiger partial charge is 0.309 e. The number of pyridine rings is 1. The van der Waals surface area contributed by atoms with E-state index in [9.17, 15) is 4.79 Å². The zero-order chi connectivity index (χ0) is 11.1. The number of fused-ring (bicyclic) bond motifs is 3. The van der Waals surface area contributed by atoms with Gasteiger partial charge in [-0.25, -0.2) is 0 Å². The Balaban J connectivity index is 2.70. The second-order valence-corrected chi connectivity index (χ2v) is 3.68. The Morgan fingerprint density at radius 2 is 2.12 bits per heavy atom. The maximum absolute atomic E-state index is 12.2. The van der Waals surface area contributed by atoms with Gasteiger partial charge in [0.2, 0.25) is 0 Å². The summed E-state index contributed by atoms with van der Waals surface area (Å²) in [4.78, 5) is 16.3. The summed E-state index contributed by atoms with van der Waals surface area (Å²) in [6, 6.07) is 5.59. The van der Waals surface area contributed by atoms with Crippen molar-refractivity contribution in [2.75, 3.05) is 0 Å². The minimum atomic E-state index is 0.0474. The van der Waals surface area contributed by atoms with E-state index in [1.54, 1.807) is 17.0 Å². The monoisotopic (exact) mass is 213 g/mol. The Morgan fingerprint density at radius 3 is 2.94 bits per heavy atom. The number of nitrogens with zero attached hydrogens (tertiary/aromatic N) is 3. The molecule has 80 valence electrons. The van der Waals surface area contributed by atoms with Gasteiger partial charge >= 0.3 is 0 Å². The molecule has 0 fully saturated rings. The van der Waals surface area contributed by atoms with Crippen LogP contribution in [0.1, 0.15) is 6.92 Å². The SMILES string of the molecule is CCn1c(=O)c2cccn2c2cnccc21. The van der Waals surface area contributed by atoms with Crippen molar-refractivity contribution in [3.63, 3.8) is 0 Å². The Morgan fingerprint density at radius 1 is 1.25 bits per heavy atom. The van der Waals surface area contributed by atoms with Gasteiger partial charge in [0, 0.05) is 18.9 Å². The average Bonchev–Trinajstić information content (AvgIpc) is 2.79. The minimum absolute atomic E-state index is 0.0474. The first-order valence-electron chi connectivity index (χ1n) is 5.26. The van der Waals surface area contributed by atoms with E-state index in [0.717, 1.165) is 11.0 Å². The highest BCUT2D eigenvalue weighted by molar-refractivity contribution is 5.77. The van der Waals surface area contributed by atoms with Crippen LogP contribution in [0.15, 0.2) is 41.6 Å². The van der Waals surface area contributed by atoms with Crippen LogP contribution in [0, 0.1) is 0 Å². The van der Waals surface area contributed by atoms with Gasteiger partial charge in [0.25, 0.3) is 5.56 Å². The van der Waals surface area contributed by atoms with Crippen LogP contribution in [0.3, 0.4) is 0 Å². The quantitative estimate of drug-likeness (QED) is 0.616. The predicted octanol–water partition coefficient (Wildman–Crippen LogP) is 1.67. The topological polar surface area (TPSA) is 39.3 Å². The first-order chi connectivity index (χ1) is 7.83. The van der Waals surface area contributed by atoms with Crippen molar-refractivity contribution in [1.82, 2.24) is 14.0 Å². The molecule has 0 aliphatic heterocycles. The van der Waals surface area contributed by atoms with Gasteiger partial charge in [-0.15, -0.1) is 0 Å². The van der Waals surface area contributed by atoms with Crippen molar-refractivity contribution in [1.29, 1.82) is 0 Å². The fourth-order valence-electron chi connectivity index (χ4n) is 2.12. The van der Waals surface area contributed by atoms with E-state index in [1.807, 2.05) is 35.7 Å². The smallest absolute Gasteiger partial charge is 0.275 e. The van der Waals surface area contributed by atoms with Gasteiger partial charge in [0.1, 0.15) is 5.52 Å². The van der Waals surface area contributed by atoms with E-state index in [4.69, 9.17) is 0 Å². The van der Waals surface area contributed by atoms with E-state index in [-0.39, 0.29) is 5.56 Å². The van der Waals surface area contributed by atoms with E-state index >= 15 is 0 Å². The molecular formula is C12H11N3O. The first kappa shape index (κ1) is 9.15. The lowest BCUT2D eigenvalue weighted by atomic mass is 10.3. The molecule has 0 radical (unpaired) electrons. The molecular weight excluding hydrogens is 202 g/mol. The van der Waals surface area contributed by atoms with Crippen LogP contribution in [0.25, 0.3) is 16.6 Å². The fourth-order valence-corrected chi connectivity index (χ4v) is 2.12. The first-order valence-corrected chi connectivity index (χ1v) is 5.26. The van der Waals surface area contributed by atoms with E-state index in [2.05, 4.69) is 4.98 Å². The Hall–Kier alpha value is -2.10. The molecule has 0 spiro atoms. The molecule has 0 aromatic carbocycles. The third-order valence-electron chi connectivity index (χ3n) is 2.86. The molecule has 16 heavy (non-hydrogen) atoms. The summed E-state index contributed by atoms with van der Waals surface area (Å²) in [5.41, 5.74) is 2.63. The molecule has 0 N–H and O–H groups in total. The molecule has 3 heterocycles. The zero-order valence-corrected chi connectivity index (χ0v) is 8.92. The van der Waals surface area contributed by atoms with Gasteiger partial charge in [-0.05, 0) is 25.1 Å². The zero-order valence-electron chi connectivity index (χ0n) is 8.92. The summed E-state index contributed by atoms with van der Waals surface area (Å²) in [6.07, 6.45) is 5.39. The molecule has 0 aliphatic carbocycles. The standard InChI is InChI=1S/C12H11N3O/c1-2-14-9-5-6-13-8-11(9)15-7-3-4-10(15)12(14)16/h3-8H,2H2,1H3. The number of aryl methyl sites for hydroxylation is 1. The summed E-state index contributed by atoms with van der Waals surface area (Å²) < 4.78 is 3.66. The van der Waals surface area contributed by atoms with Crippen molar-refractivity contribution in [3.8, 4) is 0 Å². The van der Waals surface area contributed by atoms with Gasteiger partial charge in [-0.3, -0.25) is 9.78 Å². The molecule has 0 saturated heterocycles. The predicted molar refractivity (Wildman–Crippen MR) is 62.6 cm³/mol. The molecule has 3 rings (SSSR count). The molecule has 0 amide bonds. The molecule has 4 nitrogen and oxygen atoms in total. The van der Waals surface area contributed by atoms with Crippen LogP contribution < -0.4 is 5.56 Å². The van der Waals surface area contributed by atoms with Crippen molar-refractivity contribution in [2.24, 2.45) is 0 Å². The Labute approximate surface area is 91.8 Å². The number of hydrogen-bond acceptors (Lipinski definition) is 2. The average molecular weight is 213 g/mol. The highest BCUT2D eigenvalue weighted by Gasteiger charge is 2.08. The van der Waals surface area contributed by atoms with Crippen LogP contribution in [-0.4, -0.2) is 14.0 Å². The van der Waals surface area contributed by atoms with Crippen molar-refractivity contribution in [2.45, 2.75) is 13.5 Å². The Bertz CT molecular complexity index is 724. The van der Waals surface area contributed by atoms with Gasteiger partial charge in [0.15, 0.2) is 0 Å². The van der Waals surface area contributed by atoms with Gasteiger partial charge < -0.3 is 8.97 Å². The Kier molecular flexibility index (Phi) is 1.83. The van der Waals surface area contributed by atoms with Gasteiger partial charge in [-0.1, -0.05) is 0 Å². The third kappa shape index (κ3) is 1.04. The lowest BCUT2D eigenvalue weighted by Crippen LogP contribution is -2.21. The van der Waals surface area contributed by atoms with Crippen molar-refractivity contribution >= 4 is 16.6 Å². The second kappa shape index (κ2) is 3.20.